The first-order valence-electron chi connectivity index (χ1n) is 3.25. The fraction of sp³-hybridized carbons (Fsp3) is 0.125. The van der Waals surface area contributed by atoms with Gasteiger partial charge in [-0.15, -0.1) is 0 Å². The molecule has 0 amide bonds. The van der Waals surface area contributed by atoms with Gasteiger partial charge in [-0.25, -0.2) is 0 Å². The van der Waals surface area contributed by atoms with E-state index >= 15 is 0 Å². The van der Waals surface area contributed by atoms with Gasteiger partial charge in [-0.1, -0.05) is 11.6 Å². The van der Waals surface area contributed by atoms with Gasteiger partial charge in [-0.05, 0) is 40.3 Å². The quantitative estimate of drug-likeness (QED) is 0.647. The van der Waals surface area contributed by atoms with Crippen molar-refractivity contribution in [2.45, 2.75) is 6.54 Å². The highest BCUT2D eigenvalue weighted by Crippen LogP contribution is 2.24. The van der Waals surface area contributed by atoms with Crippen LogP contribution < -0.4 is 0 Å². The topological polar surface area (TPSA) is 12.4 Å². The van der Waals surface area contributed by atoms with Crippen LogP contribution in [0.25, 0.3) is 0 Å². The maximum absolute atomic E-state index is 5.87. The van der Waals surface area contributed by atoms with E-state index in [1.165, 1.54) is 14.7 Å². The van der Waals surface area contributed by atoms with E-state index in [1.54, 1.807) is 0 Å². The second-order valence-electron chi connectivity index (χ2n) is 2.43. The summed E-state index contributed by atoms with van der Waals surface area (Å²) < 4.78 is 1.19. The molecule has 0 saturated heterocycles. The molecule has 11 heavy (non-hydrogen) atoms. The Morgan fingerprint density at radius 1 is 1.45 bits per heavy atom. The van der Waals surface area contributed by atoms with Crippen molar-refractivity contribution in [3.8, 4) is 0 Å². The summed E-state index contributed by atoms with van der Waals surface area (Å²) >= 11 is 8.14. The summed E-state index contributed by atoms with van der Waals surface area (Å²) in [6.45, 7) is 0.784. The van der Waals surface area contributed by atoms with E-state index in [1.807, 2.05) is 18.3 Å². The van der Waals surface area contributed by atoms with Crippen molar-refractivity contribution in [2.24, 2.45) is 4.99 Å². The molecular formula is C8H5ClIN. The van der Waals surface area contributed by atoms with Crippen LogP contribution in [0.15, 0.2) is 17.1 Å². The van der Waals surface area contributed by atoms with E-state index in [0.29, 0.717) is 0 Å². The monoisotopic (exact) mass is 277 g/mol. The van der Waals surface area contributed by atoms with Crippen molar-refractivity contribution in [1.82, 2.24) is 0 Å². The van der Waals surface area contributed by atoms with Gasteiger partial charge in [0.15, 0.2) is 0 Å². The lowest BCUT2D eigenvalue weighted by molar-refractivity contribution is 1.11. The molecule has 1 aliphatic rings. The van der Waals surface area contributed by atoms with Crippen LogP contribution in [-0.2, 0) is 6.54 Å². The number of hydrogen-bond donors (Lipinski definition) is 0. The van der Waals surface area contributed by atoms with Crippen molar-refractivity contribution in [1.29, 1.82) is 0 Å². The molecule has 0 N–H and O–H groups in total. The van der Waals surface area contributed by atoms with E-state index in [0.717, 1.165) is 11.6 Å². The third-order valence-corrected chi connectivity index (χ3v) is 2.77. The number of hydrogen-bond acceptors (Lipinski definition) is 1. The van der Waals surface area contributed by atoms with Gasteiger partial charge in [0.2, 0.25) is 0 Å². The van der Waals surface area contributed by atoms with Crippen LogP contribution in [0.1, 0.15) is 11.1 Å². The average molecular weight is 277 g/mol. The Morgan fingerprint density at radius 2 is 2.27 bits per heavy atom. The smallest absolute Gasteiger partial charge is 0.0647 e. The van der Waals surface area contributed by atoms with Crippen molar-refractivity contribution in [3.63, 3.8) is 0 Å². The summed E-state index contributed by atoms with van der Waals surface area (Å²) in [5.74, 6) is 0. The molecule has 0 spiro atoms. The zero-order valence-corrected chi connectivity index (χ0v) is 8.56. The Balaban J connectivity index is 2.67. The lowest BCUT2D eigenvalue weighted by atomic mass is 10.1. The van der Waals surface area contributed by atoms with Crippen molar-refractivity contribution < 1.29 is 0 Å². The highest BCUT2D eigenvalue weighted by molar-refractivity contribution is 14.1. The number of benzene rings is 1. The third kappa shape index (κ3) is 1.29. The second-order valence-corrected chi connectivity index (χ2v) is 4.03. The Morgan fingerprint density at radius 3 is 3.09 bits per heavy atom. The average Bonchev–Trinajstić information content (AvgIpc) is 2.34. The summed E-state index contributed by atoms with van der Waals surface area (Å²) in [5.41, 5.74) is 2.47. The molecule has 1 nitrogen and oxygen atoms in total. The molecule has 56 valence electrons. The summed E-state index contributed by atoms with van der Waals surface area (Å²) in [6.07, 6.45) is 1.91. The van der Waals surface area contributed by atoms with E-state index in [2.05, 4.69) is 27.6 Å². The highest BCUT2D eigenvalue weighted by Gasteiger charge is 2.09. The summed E-state index contributed by atoms with van der Waals surface area (Å²) in [7, 11) is 0. The number of halogens is 2. The Labute approximate surface area is 83.6 Å². The van der Waals surface area contributed by atoms with Crippen LogP contribution in [0.3, 0.4) is 0 Å². The maximum atomic E-state index is 5.87. The van der Waals surface area contributed by atoms with Gasteiger partial charge in [0.1, 0.15) is 0 Å². The van der Waals surface area contributed by atoms with Gasteiger partial charge in [-0.3, -0.25) is 4.99 Å². The van der Waals surface area contributed by atoms with Gasteiger partial charge >= 0.3 is 0 Å². The van der Waals surface area contributed by atoms with Crippen LogP contribution in [0.2, 0.25) is 5.02 Å². The lowest BCUT2D eigenvalue weighted by Gasteiger charge is -2.00. The maximum Gasteiger partial charge on any atom is 0.0647 e. The summed E-state index contributed by atoms with van der Waals surface area (Å²) in [6, 6.07) is 3.93. The molecule has 0 atom stereocenters. The molecule has 1 heterocycles. The van der Waals surface area contributed by atoms with E-state index < -0.39 is 0 Å². The molecule has 0 bridgehead atoms. The van der Waals surface area contributed by atoms with Gasteiger partial charge in [0.05, 0.1) is 6.54 Å². The van der Waals surface area contributed by atoms with Gasteiger partial charge in [0, 0.05) is 20.4 Å². The molecule has 0 saturated carbocycles. The molecule has 0 aliphatic carbocycles. The predicted molar refractivity (Wildman–Crippen MR) is 55.5 cm³/mol. The zero-order valence-electron chi connectivity index (χ0n) is 5.64. The molecule has 1 aliphatic heterocycles. The van der Waals surface area contributed by atoms with Gasteiger partial charge in [0.25, 0.3) is 0 Å². The fourth-order valence-electron chi connectivity index (χ4n) is 1.15. The van der Waals surface area contributed by atoms with Crippen LogP contribution in [0.4, 0.5) is 0 Å². The molecule has 0 radical (unpaired) electrons. The molecule has 0 unspecified atom stereocenters. The van der Waals surface area contributed by atoms with E-state index in [9.17, 15) is 0 Å². The molecule has 0 aromatic heterocycles. The van der Waals surface area contributed by atoms with E-state index in [-0.39, 0.29) is 0 Å². The third-order valence-electron chi connectivity index (χ3n) is 1.66. The number of aliphatic imine (C=N–C) groups is 1. The molecule has 2 rings (SSSR count). The largest absolute Gasteiger partial charge is 0.288 e. The van der Waals surface area contributed by atoms with Crippen molar-refractivity contribution >= 4 is 40.4 Å². The summed E-state index contributed by atoms with van der Waals surface area (Å²) in [4.78, 5) is 4.16. The minimum atomic E-state index is 0.784. The number of nitrogens with zero attached hydrogens (tertiary/aromatic N) is 1. The first-order chi connectivity index (χ1) is 5.27. The van der Waals surface area contributed by atoms with Crippen LogP contribution in [-0.4, -0.2) is 6.21 Å². The Kier molecular flexibility index (Phi) is 1.89. The standard InChI is InChI=1S/C8H5ClIN/c9-6-1-5-3-11-4-7(5)8(10)2-6/h1-2,4H,3H2. The van der Waals surface area contributed by atoms with Crippen LogP contribution in [0, 0.1) is 3.57 Å². The molecule has 1 aromatic rings. The first kappa shape index (κ1) is 7.55. The molecule has 1 aromatic carbocycles. The molecular weight excluding hydrogens is 272 g/mol. The molecule has 0 fully saturated rings. The SMILES string of the molecule is Clc1cc(I)c2c(c1)CN=C2. The minimum absolute atomic E-state index is 0.784. The van der Waals surface area contributed by atoms with Crippen molar-refractivity contribution in [2.75, 3.05) is 0 Å². The van der Waals surface area contributed by atoms with Gasteiger partial charge in [-0.2, -0.15) is 0 Å². The lowest BCUT2D eigenvalue weighted by Crippen LogP contribution is -1.88. The van der Waals surface area contributed by atoms with Crippen molar-refractivity contribution in [3.05, 3.63) is 31.9 Å². The predicted octanol–water partition coefficient (Wildman–Crippen LogP) is 2.88. The molecule has 3 heteroatoms. The number of fused-ring (bicyclic) bond motifs is 1. The number of rotatable bonds is 0. The zero-order chi connectivity index (χ0) is 7.84. The Hall–Kier alpha value is -0.0900. The minimum Gasteiger partial charge on any atom is -0.288 e. The highest BCUT2D eigenvalue weighted by atomic mass is 127. The van der Waals surface area contributed by atoms with Crippen LogP contribution in [0.5, 0.6) is 0 Å². The summed E-state index contributed by atoms with van der Waals surface area (Å²) in [5, 5.41) is 0.804. The normalized spacial score (nSPS) is 13.6. The van der Waals surface area contributed by atoms with Crippen LogP contribution >= 0.6 is 34.2 Å². The Bertz CT molecular complexity index is 333. The van der Waals surface area contributed by atoms with E-state index in [4.69, 9.17) is 11.6 Å². The first-order valence-corrected chi connectivity index (χ1v) is 4.71. The fourth-order valence-corrected chi connectivity index (χ4v) is 2.39. The van der Waals surface area contributed by atoms with Gasteiger partial charge < -0.3 is 0 Å². The second kappa shape index (κ2) is 2.75.